The Morgan fingerprint density at radius 2 is 2.07 bits per heavy atom. The summed E-state index contributed by atoms with van der Waals surface area (Å²) >= 11 is 5.98. The zero-order valence-electron chi connectivity index (χ0n) is 16.9. The van der Waals surface area contributed by atoms with Gasteiger partial charge in [0, 0.05) is 35.8 Å². The molecule has 0 saturated carbocycles. The summed E-state index contributed by atoms with van der Waals surface area (Å²) in [6.45, 7) is 1.66. The number of H-pyrrole nitrogens is 1. The number of rotatable bonds is 6. The second-order valence-corrected chi connectivity index (χ2v) is 7.92. The molecular formula is C23H25ClN4O2. The fourth-order valence-corrected chi connectivity index (χ4v) is 3.98. The Labute approximate surface area is 181 Å². The van der Waals surface area contributed by atoms with Crippen molar-refractivity contribution in [1.29, 1.82) is 0 Å². The van der Waals surface area contributed by atoms with Crippen molar-refractivity contribution in [2.75, 3.05) is 25.1 Å². The van der Waals surface area contributed by atoms with Gasteiger partial charge in [-0.2, -0.15) is 5.10 Å². The first-order chi connectivity index (χ1) is 14.6. The van der Waals surface area contributed by atoms with E-state index < -0.39 is 0 Å². The summed E-state index contributed by atoms with van der Waals surface area (Å²) in [6.07, 6.45) is 2.27. The smallest absolute Gasteiger partial charge is 0.224 e. The molecule has 30 heavy (non-hydrogen) atoms. The molecule has 0 unspecified atom stereocenters. The van der Waals surface area contributed by atoms with E-state index in [0.29, 0.717) is 11.4 Å². The number of aromatic amines is 1. The third-order valence-corrected chi connectivity index (χ3v) is 5.63. The first kappa shape index (κ1) is 20.3. The molecule has 1 saturated heterocycles. The predicted molar refractivity (Wildman–Crippen MR) is 119 cm³/mol. The molecule has 2 N–H and O–H groups in total. The highest BCUT2D eigenvalue weighted by Crippen LogP contribution is 2.25. The topological polar surface area (TPSA) is 70.2 Å². The summed E-state index contributed by atoms with van der Waals surface area (Å²) in [7, 11) is 1.62. The minimum absolute atomic E-state index is 0.00947. The number of hydrogen-bond donors (Lipinski definition) is 2. The number of benzene rings is 2. The molecule has 1 amide bonds. The largest absolute Gasteiger partial charge is 0.496 e. The maximum absolute atomic E-state index is 12.6. The van der Waals surface area contributed by atoms with E-state index in [2.05, 4.69) is 20.4 Å². The molecule has 1 aliphatic rings. The van der Waals surface area contributed by atoms with Crippen LogP contribution in [0.2, 0.25) is 5.02 Å². The summed E-state index contributed by atoms with van der Waals surface area (Å²) < 4.78 is 5.35. The van der Waals surface area contributed by atoms with Gasteiger partial charge in [-0.3, -0.25) is 9.89 Å². The molecule has 2 heterocycles. The summed E-state index contributed by atoms with van der Waals surface area (Å²) in [6, 6.07) is 17.4. The number of nitrogens with one attached hydrogen (secondary N) is 2. The summed E-state index contributed by atoms with van der Waals surface area (Å²) in [5.74, 6) is 1.64. The average molecular weight is 425 g/mol. The molecule has 156 valence electrons. The van der Waals surface area contributed by atoms with Crippen LogP contribution in [-0.2, 0) is 11.2 Å². The zero-order chi connectivity index (χ0) is 20.9. The molecule has 6 nitrogen and oxygen atoms in total. The van der Waals surface area contributed by atoms with Crippen molar-refractivity contribution in [3.05, 3.63) is 65.2 Å². The Morgan fingerprint density at radius 3 is 2.87 bits per heavy atom. The first-order valence-corrected chi connectivity index (χ1v) is 10.5. The van der Waals surface area contributed by atoms with Crippen LogP contribution in [0.4, 0.5) is 5.82 Å². The molecule has 1 aliphatic heterocycles. The number of hydrogen-bond acceptors (Lipinski definition) is 4. The van der Waals surface area contributed by atoms with Crippen LogP contribution in [0.5, 0.6) is 5.75 Å². The molecule has 7 heteroatoms. The van der Waals surface area contributed by atoms with Crippen molar-refractivity contribution in [3.63, 3.8) is 0 Å². The quantitative estimate of drug-likeness (QED) is 0.625. The molecule has 1 aromatic heterocycles. The fraction of sp³-hybridized carbons (Fsp3) is 0.304. The Kier molecular flexibility index (Phi) is 6.23. The van der Waals surface area contributed by atoms with Gasteiger partial charge in [0.2, 0.25) is 5.91 Å². The molecule has 0 radical (unpaired) electrons. The Hall–Kier alpha value is -2.99. The second kappa shape index (κ2) is 9.22. The number of halogens is 1. The van der Waals surface area contributed by atoms with E-state index in [1.54, 1.807) is 7.11 Å². The second-order valence-electron chi connectivity index (χ2n) is 7.49. The molecule has 0 spiro atoms. The van der Waals surface area contributed by atoms with Crippen molar-refractivity contribution in [1.82, 2.24) is 15.5 Å². The number of ether oxygens (including phenoxy) is 1. The van der Waals surface area contributed by atoms with Crippen LogP contribution in [0.25, 0.3) is 11.3 Å². The third kappa shape index (κ3) is 4.76. The highest BCUT2D eigenvalue weighted by molar-refractivity contribution is 6.30. The lowest BCUT2D eigenvalue weighted by atomic mass is 10.0. The van der Waals surface area contributed by atoms with Crippen LogP contribution in [-0.4, -0.2) is 42.3 Å². The van der Waals surface area contributed by atoms with Crippen molar-refractivity contribution in [2.45, 2.75) is 25.3 Å². The first-order valence-electron chi connectivity index (χ1n) is 10.1. The molecule has 0 aliphatic carbocycles. The fourth-order valence-electron chi connectivity index (χ4n) is 3.85. The summed E-state index contributed by atoms with van der Waals surface area (Å²) in [5.41, 5.74) is 2.88. The van der Waals surface area contributed by atoms with E-state index in [9.17, 15) is 4.79 Å². The number of methoxy groups -OCH3 is 1. The number of amides is 1. The van der Waals surface area contributed by atoms with Gasteiger partial charge >= 0.3 is 0 Å². The Balaban J connectivity index is 1.37. The number of carbonyl (C=O) groups is 1. The molecule has 0 bridgehead atoms. The van der Waals surface area contributed by atoms with E-state index in [1.165, 1.54) is 0 Å². The van der Waals surface area contributed by atoms with Crippen LogP contribution in [0, 0.1) is 0 Å². The van der Waals surface area contributed by atoms with E-state index >= 15 is 0 Å². The normalized spacial score (nSPS) is 16.3. The predicted octanol–water partition coefficient (Wildman–Crippen LogP) is 4.07. The van der Waals surface area contributed by atoms with E-state index in [1.807, 2.05) is 54.6 Å². The molecule has 1 atom stereocenters. The minimum Gasteiger partial charge on any atom is -0.496 e. The zero-order valence-corrected chi connectivity index (χ0v) is 17.7. The van der Waals surface area contributed by atoms with Gasteiger partial charge in [0.25, 0.3) is 0 Å². The van der Waals surface area contributed by atoms with Crippen molar-refractivity contribution < 1.29 is 9.53 Å². The number of para-hydroxylation sites is 1. The van der Waals surface area contributed by atoms with Gasteiger partial charge in [0.1, 0.15) is 5.75 Å². The number of nitrogens with zero attached hydrogens (tertiary/aromatic N) is 2. The van der Waals surface area contributed by atoms with Crippen molar-refractivity contribution in [3.8, 4) is 17.0 Å². The molecule has 1 fully saturated rings. The average Bonchev–Trinajstić information content (AvgIpc) is 3.25. The number of anilines is 1. The lowest BCUT2D eigenvalue weighted by Gasteiger charge is -2.33. The van der Waals surface area contributed by atoms with Gasteiger partial charge in [-0.25, -0.2) is 0 Å². The molecule has 4 rings (SSSR count). The van der Waals surface area contributed by atoms with Gasteiger partial charge in [0.05, 0.1) is 19.2 Å². The number of aromatic nitrogens is 2. The van der Waals surface area contributed by atoms with Gasteiger partial charge in [-0.15, -0.1) is 0 Å². The SMILES string of the molecule is COc1ccccc1CC(=O)N[C@@H]1CCCN(c2cc(-c3ccc(Cl)cc3)[nH]n2)C1. The Bertz CT molecular complexity index is 1000. The lowest BCUT2D eigenvalue weighted by Crippen LogP contribution is -2.48. The third-order valence-electron chi connectivity index (χ3n) is 5.37. The summed E-state index contributed by atoms with van der Waals surface area (Å²) in [4.78, 5) is 14.8. The highest BCUT2D eigenvalue weighted by Gasteiger charge is 2.23. The molecule has 3 aromatic rings. The highest BCUT2D eigenvalue weighted by atomic mass is 35.5. The minimum atomic E-state index is 0.00947. The van der Waals surface area contributed by atoms with Crippen molar-refractivity contribution in [2.24, 2.45) is 0 Å². The van der Waals surface area contributed by atoms with E-state index in [4.69, 9.17) is 16.3 Å². The maximum Gasteiger partial charge on any atom is 0.224 e. The van der Waals surface area contributed by atoms with Crippen LogP contribution < -0.4 is 15.0 Å². The van der Waals surface area contributed by atoms with Gasteiger partial charge < -0.3 is 15.0 Å². The van der Waals surface area contributed by atoms with Crippen LogP contribution in [0.3, 0.4) is 0 Å². The number of carbonyl (C=O) groups excluding carboxylic acids is 1. The van der Waals surface area contributed by atoms with Crippen molar-refractivity contribution >= 4 is 23.3 Å². The lowest BCUT2D eigenvalue weighted by molar-refractivity contribution is -0.121. The number of piperidine rings is 1. The van der Waals surface area contributed by atoms with E-state index in [-0.39, 0.29) is 11.9 Å². The maximum atomic E-state index is 12.6. The van der Waals surface area contributed by atoms with Gasteiger partial charge in [-0.1, -0.05) is 41.9 Å². The van der Waals surface area contributed by atoms with Crippen LogP contribution >= 0.6 is 11.6 Å². The van der Waals surface area contributed by atoms with E-state index in [0.717, 1.165) is 54.3 Å². The van der Waals surface area contributed by atoms with Crippen LogP contribution in [0.1, 0.15) is 18.4 Å². The molecular weight excluding hydrogens is 400 g/mol. The van der Waals surface area contributed by atoms with Gasteiger partial charge in [0.15, 0.2) is 5.82 Å². The summed E-state index contributed by atoms with van der Waals surface area (Å²) in [5, 5.41) is 11.5. The standard InChI is InChI=1S/C23H25ClN4O2/c1-30-21-7-3-2-5-17(21)13-23(29)25-19-6-4-12-28(15-19)22-14-20(26-27-22)16-8-10-18(24)11-9-16/h2-3,5,7-11,14,19H,4,6,12-13,15H2,1H3,(H,25,29)(H,26,27)/t19-/m1/s1. The Morgan fingerprint density at radius 1 is 1.27 bits per heavy atom. The monoisotopic (exact) mass is 424 g/mol. The van der Waals surface area contributed by atoms with Gasteiger partial charge in [-0.05, 0) is 36.6 Å². The molecule has 2 aromatic carbocycles. The van der Waals surface area contributed by atoms with Crippen LogP contribution in [0.15, 0.2) is 54.6 Å².